The molecule has 0 spiro atoms. The van der Waals surface area contributed by atoms with Crippen molar-refractivity contribution in [1.82, 2.24) is 9.88 Å². The summed E-state index contributed by atoms with van der Waals surface area (Å²) >= 11 is 1.38. The lowest BCUT2D eigenvalue weighted by molar-refractivity contribution is 0.102. The first-order valence-corrected chi connectivity index (χ1v) is 10.4. The van der Waals surface area contributed by atoms with E-state index in [9.17, 15) is 4.79 Å². The third-order valence-corrected chi connectivity index (χ3v) is 5.80. The number of hydrogen-bond donors (Lipinski definition) is 1. The van der Waals surface area contributed by atoms with Crippen LogP contribution in [0.15, 0.2) is 52.5 Å². The van der Waals surface area contributed by atoms with Crippen LogP contribution in [0.25, 0.3) is 11.5 Å². The molecule has 146 valence electrons. The van der Waals surface area contributed by atoms with Crippen molar-refractivity contribution in [3.05, 3.63) is 53.6 Å². The second kappa shape index (κ2) is 8.16. The summed E-state index contributed by atoms with van der Waals surface area (Å²) < 4.78 is 5.34. The molecule has 3 heterocycles. The standard InChI is InChI=1S/C21H24N4O2S/c1-15(2)24-9-11-25(12-10-24)17-7-5-16(6-8-17)20(26)23-21-22-18(14-28-21)19-4-3-13-27-19/h3-8,13-15H,9-12H2,1-2H3,(H,22,23,26). The maximum atomic E-state index is 12.5. The Labute approximate surface area is 168 Å². The average Bonchev–Trinajstić information content (AvgIpc) is 3.40. The van der Waals surface area contributed by atoms with Gasteiger partial charge in [0.05, 0.1) is 6.26 Å². The Bertz CT molecular complexity index is 910. The van der Waals surface area contributed by atoms with Crippen molar-refractivity contribution >= 4 is 28.1 Å². The molecule has 1 fully saturated rings. The van der Waals surface area contributed by atoms with E-state index in [1.165, 1.54) is 11.3 Å². The third-order valence-electron chi connectivity index (χ3n) is 5.04. The summed E-state index contributed by atoms with van der Waals surface area (Å²) in [5.41, 5.74) is 2.51. The minimum absolute atomic E-state index is 0.156. The number of rotatable bonds is 5. The van der Waals surface area contributed by atoms with Gasteiger partial charge in [0.25, 0.3) is 5.91 Å². The van der Waals surface area contributed by atoms with Gasteiger partial charge in [-0.15, -0.1) is 11.3 Å². The largest absolute Gasteiger partial charge is 0.463 e. The first kappa shape index (κ1) is 18.7. The van der Waals surface area contributed by atoms with Crippen molar-refractivity contribution in [2.24, 2.45) is 0 Å². The molecule has 0 saturated carbocycles. The minimum Gasteiger partial charge on any atom is -0.463 e. The molecule has 1 amide bonds. The van der Waals surface area contributed by atoms with Crippen LogP contribution in [0.5, 0.6) is 0 Å². The van der Waals surface area contributed by atoms with Gasteiger partial charge in [-0.2, -0.15) is 0 Å². The van der Waals surface area contributed by atoms with Crippen LogP contribution in [-0.4, -0.2) is 48.0 Å². The normalized spacial score (nSPS) is 15.2. The highest BCUT2D eigenvalue weighted by atomic mass is 32.1. The molecular weight excluding hydrogens is 372 g/mol. The topological polar surface area (TPSA) is 61.6 Å². The molecule has 7 heteroatoms. The first-order chi connectivity index (χ1) is 13.6. The Morgan fingerprint density at radius 2 is 1.89 bits per heavy atom. The van der Waals surface area contributed by atoms with Gasteiger partial charge in [0, 0.05) is 48.9 Å². The summed E-state index contributed by atoms with van der Waals surface area (Å²) in [6, 6.07) is 12.1. The molecule has 0 radical (unpaired) electrons. The van der Waals surface area contributed by atoms with Crippen LogP contribution < -0.4 is 10.2 Å². The van der Waals surface area contributed by atoms with Crippen molar-refractivity contribution in [1.29, 1.82) is 0 Å². The van der Waals surface area contributed by atoms with E-state index >= 15 is 0 Å². The van der Waals surface area contributed by atoms with Crippen molar-refractivity contribution in [2.75, 3.05) is 36.4 Å². The van der Waals surface area contributed by atoms with Crippen molar-refractivity contribution in [2.45, 2.75) is 19.9 Å². The Balaban J connectivity index is 1.37. The molecule has 3 aromatic rings. The number of amides is 1. The summed E-state index contributed by atoms with van der Waals surface area (Å²) in [5.74, 6) is 0.537. The quantitative estimate of drug-likeness (QED) is 0.701. The fraction of sp³-hybridized carbons (Fsp3) is 0.333. The van der Waals surface area contributed by atoms with Crippen molar-refractivity contribution in [3.8, 4) is 11.5 Å². The summed E-state index contributed by atoms with van der Waals surface area (Å²) in [5, 5.41) is 5.29. The monoisotopic (exact) mass is 396 g/mol. The number of aromatic nitrogens is 1. The van der Waals surface area contributed by atoms with Gasteiger partial charge in [-0.25, -0.2) is 4.98 Å². The Kier molecular flexibility index (Phi) is 5.45. The Morgan fingerprint density at radius 1 is 1.14 bits per heavy atom. The zero-order chi connectivity index (χ0) is 19.5. The van der Waals surface area contributed by atoms with E-state index in [1.807, 2.05) is 41.8 Å². The van der Waals surface area contributed by atoms with Crippen LogP contribution in [0.1, 0.15) is 24.2 Å². The zero-order valence-electron chi connectivity index (χ0n) is 16.1. The molecule has 4 rings (SSSR count). The fourth-order valence-electron chi connectivity index (χ4n) is 3.36. The van der Waals surface area contributed by atoms with Gasteiger partial charge in [-0.3, -0.25) is 15.0 Å². The number of furan rings is 1. The summed E-state index contributed by atoms with van der Waals surface area (Å²) in [7, 11) is 0. The molecule has 0 atom stereocenters. The predicted molar refractivity (Wildman–Crippen MR) is 113 cm³/mol. The molecule has 28 heavy (non-hydrogen) atoms. The van der Waals surface area contributed by atoms with Gasteiger partial charge in [0.15, 0.2) is 10.9 Å². The van der Waals surface area contributed by atoms with E-state index < -0.39 is 0 Å². The zero-order valence-corrected chi connectivity index (χ0v) is 16.9. The van der Waals surface area contributed by atoms with Gasteiger partial charge < -0.3 is 9.32 Å². The lowest BCUT2D eigenvalue weighted by Crippen LogP contribution is -2.48. The number of nitrogens with one attached hydrogen (secondary N) is 1. The highest BCUT2D eigenvalue weighted by Crippen LogP contribution is 2.25. The van der Waals surface area contributed by atoms with Gasteiger partial charge in [0.1, 0.15) is 5.69 Å². The van der Waals surface area contributed by atoms with E-state index in [0.29, 0.717) is 22.5 Å². The maximum absolute atomic E-state index is 12.5. The first-order valence-electron chi connectivity index (χ1n) is 9.50. The number of carbonyl (C=O) groups excluding carboxylic acids is 1. The lowest BCUT2D eigenvalue weighted by atomic mass is 10.1. The maximum Gasteiger partial charge on any atom is 0.257 e. The second-order valence-corrected chi connectivity index (χ2v) is 7.99. The van der Waals surface area contributed by atoms with Gasteiger partial charge >= 0.3 is 0 Å². The number of piperazine rings is 1. The number of benzene rings is 1. The highest BCUT2D eigenvalue weighted by Gasteiger charge is 2.19. The summed E-state index contributed by atoms with van der Waals surface area (Å²) in [6.07, 6.45) is 1.61. The number of nitrogens with zero attached hydrogens (tertiary/aromatic N) is 3. The molecule has 2 aromatic heterocycles. The number of anilines is 2. The third kappa shape index (κ3) is 4.10. The van der Waals surface area contributed by atoms with Crippen molar-refractivity contribution < 1.29 is 9.21 Å². The van der Waals surface area contributed by atoms with Crippen LogP contribution in [0, 0.1) is 0 Å². The minimum atomic E-state index is -0.156. The van der Waals surface area contributed by atoms with Crippen LogP contribution in [0.2, 0.25) is 0 Å². The second-order valence-electron chi connectivity index (χ2n) is 7.13. The number of hydrogen-bond acceptors (Lipinski definition) is 6. The lowest BCUT2D eigenvalue weighted by Gasteiger charge is -2.38. The Morgan fingerprint density at radius 3 is 2.54 bits per heavy atom. The summed E-state index contributed by atoms with van der Waals surface area (Å²) in [4.78, 5) is 21.8. The number of carbonyl (C=O) groups is 1. The molecule has 1 aliphatic heterocycles. The highest BCUT2D eigenvalue weighted by molar-refractivity contribution is 7.14. The van der Waals surface area contributed by atoms with Gasteiger partial charge in [-0.1, -0.05) is 0 Å². The number of thiazole rings is 1. The Hall–Kier alpha value is -2.64. The van der Waals surface area contributed by atoms with E-state index in [2.05, 4.69) is 33.9 Å². The van der Waals surface area contributed by atoms with Crippen LogP contribution in [0.4, 0.5) is 10.8 Å². The molecule has 0 bridgehead atoms. The smallest absolute Gasteiger partial charge is 0.257 e. The van der Waals surface area contributed by atoms with Gasteiger partial charge in [-0.05, 0) is 50.2 Å². The van der Waals surface area contributed by atoms with Crippen LogP contribution >= 0.6 is 11.3 Å². The van der Waals surface area contributed by atoms with E-state index in [0.717, 1.165) is 37.6 Å². The van der Waals surface area contributed by atoms with Gasteiger partial charge in [0.2, 0.25) is 0 Å². The molecule has 1 aromatic carbocycles. The van der Waals surface area contributed by atoms with Crippen LogP contribution in [0.3, 0.4) is 0 Å². The molecular formula is C21H24N4O2S. The molecule has 1 saturated heterocycles. The average molecular weight is 397 g/mol. The predicted octanol–water partition coefficient (Wildman–Crippen LogP) is 4.19. The molecule has 6 nitrogen and oxygen atoms in total. The molecule has 1 N–H and O–H groups in total. The van der Waals surface area contributed by atoms with E-state index in [1.54, 1.807) is 6.26 Å². The molecule has 0 unspecified atom stereocenters. The van der Waals surface area contributed by atoms with E-state index in [-0.39, 0.29) is 5.91 Å². The SMILES string of the molecule is CC(C)N1CCN(c2ccc(C(=O)Nc3nc(-c4ccco4)cs3)cc2)CC1. The van der Waals surface area contributed by atoms with Crippen molar-refractivity contribution in [3.63, 3.8) is 0 Å². The van der Waals surface area contributed by atoms with Crippen LogP contribution in [-0.2, 0) is 0 Å². The molecule has 0 aliphatic carbocycles. The summed E-state index contributed by atoms with van der Waals surface area (Å²) in [6.45, 7) is 8.65. The fourth-order valence-corrected chi connectivity index (χ4v) is 4.05. The molecule has 1 aliphatic rings. The van der Waals surface area contributed by atoms with E-state index in [4.69, 9.17) is 4.42 Å².